The van der Waals surface area contributed by atoms with Crippen molar-refractivity contribution in [1.82, 2.24) is 4.90 Å². The molecule has 0 bridgehead atoms. The summed E-state index contributed by atoms with van der Waals surface area (Å²) in [6, 6.07) is 7.61. The third-order valence-corrected chi connectivity index (χ3v) is 3.50. The second-order valence-corrected chi connectivity index (χ2v) is 4.92. The van der Waals surface area contributed by atoms with Gasteiger partial charge in [-0.25, -0.2) is 4.79 Å². The quantitative estimate of drug-likeness (QED) is 0.789. The molecule has 1 amide bonds. The number of halogens is 1. The summed E-state index contributed by atoms with van der Waals surface area (Å²) in [5.41, 5.74) is 0.456. The van der Waals surface area contributed by atoms with Crippen LogP contribution in [-0.4, -0.2) is 36.1 Å². The standard InChI is InChI=1S/C13H16ClNO3/c1-13(8-14)9-15(12(16)18-13)7-10-3-5-11(17-2)6-4-10/h3-6H,7-9H2,1-2H3. The van der Waals surface area contributed by atoms with Gasteiger partial charge in [-0.3, -0.25) is 4.90 Å². The minimum atomic E-state index is -0.578. The molecule has 18 heavy (non-hydrogen) atoms. The monoisotopic (exact) mass is 269 g/mol. The number of ether oxygens (including phenoxy) is 2. The molecule has 4 nitrogen and oxygen atoms in total. The molecule has 0 saturated carbocycles. The van der Waals surface area contributed by atoms with Crippen molar-refractivity contribution < 1.29 is 14.3 Å². The summed E-state index contributed by atoms with van der Waals surface area (Å²) in [5.74, 6) is 1.10. The molecule has 0 radical (unpaired) electrons. The van der Waals surface area contributed by atoms with E-state index in [1.165, 1.54) is 0 Å². The number of carbonyl (C=O) groups is 1. The maximum Gasteiger partial charge on any atom is 0.410 e. The van der Waals surface area contributed by atoms with Gasteiger partial charge in [0.05, 0.1) is 19.5 Å². The van der Waals surface area contributed by atoms with E-state index in [0.717, 1.165) is 11.3 Å². The van der Waals surface area contributed by atoms with Gasteiger partial charge in [0.25, 0.3) is 0 Å². The Hall–Kier alpha value is -1.42. The molecular weight excluding hydrogens is 254 g/mol. The Labute approximate surface area is 111 Å². The predicted molar refractivity (Wildman–Crippen MR) is 69.0 cm³/mol. The number of methoxy groups -OCH3 is 1. The molecule has 1 atom stereocenters. The lowest BCUT2D eigenvalue weighted by Crippen LogP contribution is -2.32. The van der Waals surface area contributed by atoms with Crippen molar-refractivity contribution in [3.05, 3.63) is 29.8 Å². The molecule has 0 aliphatic carbocycles. The summed E-state index contributed by atoms with van der Waals surface area (Å²) in [4.78, 5) is 13.4. The van der Waals surface area contributed by atoms with E-state index in [0.29, 0.717) is 19.0 Å². The molecule has 0 N–H and O–H groups in total. The molecule has 2 rings (SSSR count). The molecule has 0 spiro atoms. The average molecular weight is 270 g/mol. The van der Waals surface area contributed by atoms with Gasteiger partial charge in [-0.1, -0.05) is 12.1 Å². The number of amides is 1. The molecule has 1 heterocycles. The van der Waals surface area contributed by atoms with Crippen LogP contribution < -0.4 is 4.74 Å². The van der Waals surface area contributed by atoms with Crippen LogP contribution in [0.15, 0.2) is 24.3 Å². The molecule has 1 aromatic rings. The van der Waals surface area contributed by atoms with E-state index in [1.54, 1.807) is 12.0 Å². The topological polar surface area (TPSA) is 38.8 Å². The SMILES string of the molecule is COc1ccc(CN2CC(C)(CCl)OC2=O)cc1. The highest BCUT2D eigenvalue weighted by molar-refractivity contribution is 6.18. The van der Waals surface area contributed by atoms with Crippen LogP contribution in [0.3, 0.4) is 0 Å². The van der Waals surface area contributed by atoms with Crippen molar-refractivity contribution >= 4 is 17.7 Å². The second kappa shape index (κ2) is 5.06. The first-order chi connectivity index (χ1) is 8.56. The number of alkyl halides is 1. The fraction of sp³-hybridized carbons (Fsp3) is 0.462. The van der Waals surface area contributed by atoms with E-state index in [-0.39, 0.29) is 6.09 Å². The summed E-state index contributed by atoms with van der Waals surface area (Å²) in [6.07, 6.45) is -0.311. The van der Waals surface area contributed by atoms with E-state index in [1.807, 2.05) is 31.2 Å². The molecule has 0 aromatic heterocycles. The minimum absolute atomic E-state index is 0.303. The average Bonchev–Trinajstić information content (AvgIpc) is 2.66. The first-order valence-electron chi connectivity index (χ1n) is 5.73. The van der Waals surface area contributed by atoms with Crippen LogP contribution >= 0.6 is 11.6 Å². The van der Waals surface area contributed by atoms with Crippen LogP contribution in [0.5, 0.6) is 5.75 Å². The first-order valence-corrected chi connectivity index (χ1v) is 6.26. The lowest BCUT2D eigenvalue weighted by molar-refractivity contribution is 0.0881. The number of nitrogens with zero attached hydrogens (tertiary/aromatic N) is 1. The Balaban J connectivity index is 2.03. The van der Waals surface area contributed by atoms with Gasteiger partial charge < -0.3 is 9.47 Å². The summed E-state index contributed by atoms with van der Waals surface area (Å²) >= 11 is 5.80. The number of cyclic esters (lactones) is 1. The highest BCUT2D eigenvalue weighted by Crippen LogP contribution is 2.25. The summed E-state index contributed by atoms with van der Waals surface area (Å²) in [5, 5.41) is 0. The molecule has 98 valence electrons. The lowest BCUT2D eigenvalue weighted by atomic mass is 10.1. The zero-order valence-electron chi connectivity index (χ0n) is 10.5. The van der Waals surface area contributed by atoms with E-state index in [2.05, 4.69) is 0 Å². The van der Waals surface area contributed by atoms with Crippen LogP contribution in [-0.2, 0) is 11.3 Å². The molecule has 5 heteroatoms. The fourth-order valence-electron chi connectivity index (χ4n) is 1.92. The molecule has 1 aliphatic rings. The van der Waals surface area contributed by atoms with Crippen LogP contribution in [0.1, 0.15) is 12.5 Å². The summed E-state index contributed by atoms with van der Waals surface area (Å²) in [6.45, 7) is 2.88. The molecule has 1 aliphatic heterocycles. The molecule has 1 saturated heterocycles. The lowest BCUT2D eigenvalue weighted by Gasteiger charge is -2.18. The van der Waals surface area contributed by atoms with Gasteiger partial charge in [-0.2, -0.15) is 0 Å². The highest BCUT2D eigenvalue weighted by Gasteiger charge is 2.40. The Kier molecular flexibility index (Phi) is 3.66. The first kappa shape index (κ1) is 13.0. The van der Waals surface area contributed by atoms with Gasteiger partial charge in [-0.05, 0) is 24.6 Å². The third kappa shape index (κ3) is 2.70. The van der Waals surface area contributed by atoms with Crippen molar-refractivity contribution in [3.8, 4) is 5.75 Å². The number of benzene rings is 1. The van der Waals surface area contributed by atoms with E-state index in [9.17, 15) is 4.79 Å². The van der Waals surface area contributed by atoms with E-state index >= 15 is 0 Å². The van der Waals surface area contributed by atoms with Gasteiger partial charge in [0.1, 0.15) is 11.4 Å². The predicted octanol–water partition coefficient (Wildman–Crippen LogP) is 2.64. The largest absolute Gasteiger partial charge is 0.497 e. The van der Waals surface area contributed by atoms with Crippen molar-refractivity contribution in [3.63, 3.8) is 0 Å². The van der Waals surface area contributed by atoms with Gasteiger partial charge in [0, 0.05) is 6.54 Å². The zero-order valence-corrected chi connectivity index (χ0v) is 11.2. The van der Waals surface area contributed by atoms with Crippen LogP contribution in [0.4, 0.5) is 4.79 Å². The minimum Gasteiger partial charge on any atom is -0.497 e. The van der Waals surface area contributed by atoms with E-state index < -0.39 is 5.60 Å². The number of hydrogen-bond acceptors (Lipinski definition) is 3. The van der Waals surface area contributed by atoms with Crippen LogP contribution in [0, 0.1) is 0 Å². The zero-order chi connectivity index (χ0) is 13.2. The molecule has 1 unspecified atom stereocenters. The fourth-order valence-corrected chi connectivity index (χ4v) is 2.06. The number of hydrogen-bond donors (Lipinski definition) is 0. The molecule has 1 aromatic carbocycles. The van der Waals surface area contributed by atoms with Crippen molar-refractivity contribution in [2.45, 2.75) is 19.1 Å². The van der Waals surface area contributed by atoms with Gasteiger partial charge in [0.15, 0.2) is 0 Å². The normalized spacial score (nSPS) is 23.1. The van der Waals surface area contributed by atoms with Crippen LogP contribution in [0.2, 0.25) is 0 Å². The van der Waals surface area contributed by atoms with Crippen molar-refractivity contribution in [2.24, 2.45) is 0 Å². The Bertz CT molecular complexity index is 434. The van der Waals surface area contributed by atoms with Gasteiger partial charge in [0.2, 0.25) is 0 Å². The number of carbonyl (C=O) groups excluding carboxylic acids is 1. The highest BCUT2D eigenvalue weighted by atomic mass is 35.5. The van der Waals surface area contributed by atoms with Crippen molar-refractivity contribution in [2.75, 3.05) is 19.5 Å². The second-order valence-electron chi connectivity index (χ2n) is 4.66. The third-order valence-electron chi connectivity index (χ3n) is 2.93. The summed E-state index contributed by atoms with van der Waals surface area (Å²) in [7, 11) is 1.62. The number of rotatable bonds is 4. The summed E-state index contributed by atoms with van der Waals surface area (Å²) < 4.78 is 10.3. The molecule has 1 fully saturated rings. The van der Waals surface area contributed by atoms with Crippen molar-refractivity contribution in [1.29, 1.82) is 0 Å². The smallest absolute Gasteiger partial charge is 0.410 e. The Morgan fingerprint density at radius 3 is 2.61 bits per heavy atom. The Morgan fingerprint density at radius 1 is 1.44 bits per heavy atom. The van der Waals surface area contributed by atoms with Gasteiger partial charge >= 0.3 is 6.09 Å². The Morgan fingerprint density at radius 2 is 2.11 bits per heavy atom. The molecular formula is C13H16ClNO3. The maximum atomic E-state index is 11.7. The van der Waals surface area contributed by atoms with Gasteiger partial charge in [-0.15, -0.1) is 11.6 Å². The van der Waals surface area contributed by atoms with E-state index in [4.69, 9.17) is 21.1 Å². The van der Waals surface area contributed by atoms with Crippen LogP contribution in [0.25, 0.3) is 0 Å². The maximum absolute atomic E-state index is 11.7.